The first-order valence-corrected chi connectivity index (χ1v) is 38.3. The van der Waals surface area contributed by atoms with Crippen LogP contribution in [0.25, 0.3) is 11.0 Å². The number of fused-ring (bicyclic) bond motifs is 1. The van der Waals surface area contributed by atoms with Crippen LogP contribution in [0, 0.1) is 30.9 Å². The number of anilines is 4. The van der Waals surface area contributed by atoms with Crippen molar-refractivity contribution in [2.75, 3.05) is 135 Å². The Bertz CT molecular complexity index is 4640. The number of thioether (sulfide) groups is 1. The van der Waals surface area contributed by atoms with Crippen LogP contribution >= 0.6 is 11.8 Å². The number of pyridine rings is 3. The molecule has 3 aliphatic rings. The minimum absolute atomic E-state index is 0.0689. The number of carbonyl (C=O) groups excluding carboxylic acids is 2. The van der Waals surface area contributed by atoms with Crippen LogP contribution in [-0.4, -0.2) is 191 Å². The Morgan fingerprint density at radius 1 is 0.575 bits per heavy atom. The Morgan fingerprint density at radius 3 is 1.46 bits per heavy atom. The van der Waals surface area contributed by atoms with Gasteiger partial charge in [0.15, 0.2) is 5.69 Å². The smallest absolute Gasteiger partial charge is 0.354 e. The van der Waals surface area contributed by atoms with Gasteiger partial charge in [0.2, 0.25) is 5.95 Å². The summed E-state index contributed by atoms with van der Waals surface area (Å²) < 4.78 is 35.2. The summed E-state index contributed by atoms with van der Waals surface area (Å²) in [5.74, 6) is 2.51. The molecule has 0 spiro atoms. The third-order valence-electron chi connectivity index (χ3n) is 18.2. The van der Waals surface area contributed by atoms with Crippen molar-refractivity contribution < 1.29 is 57.8 Å². The number of morpholine rings is 3. The molecule has 0 bridgehead atoms. The third kappa shape index (κ3) is 29.2. The zero-order chi connectivity index (χ0) is 81.3. The van der Waals surface area contributed by atoms with Crippen LogP contribution in [0.5, 0.6) is 34.5 Å². The van der Waals surface area contributed by atoms with Gasteiger partial charge in [-0.15, -0.1) is 0 Å². The lowest BCUT2D eigenvalue weighted by atomic mass is 9.87. The average Bonchev–Trinajstić information content (AvgIpc) is 1.65. The number of ether oxygens (including phenoxy) is 6. The molecule has 9 aromatic rings. The number of Topliss-reactive ketones (excluding diaryl/α,β-unsaturated/α-hetero) is 2. The summed E-state index contributed by atoms with van der Waals surface area (Å²) in [4.78, 5) is 82.0. The van der Waals surface area contributed by atoms with Crippen molar-refractivity contribution in [2.45, 2.75) is 95.8 Å². The van der Waals surface area contributed by atoms with Crippen LogP contribution in [0.3, 0.4) is 0 Å². The minimum atomic E-state index is -1.18. The highest BCUT2D eigenvalue weighted by Crippen LogP contribution is 2.35. The van der Waals surface area contributed by atoms with Crippen molar-refractivity contribution in [3.8, 4) is 39.9 Å². The molecule has 29 nitrogen and oxygen atoms in total. The van der Waals surface area contributed by atoms with Gasteiger partial charge < -0.3 is 59.8 Å². The molecule has 0 aliphatic carbocycles. The van der Waals surface area contributed by atoms with E-state index in [0.717, 1.165) is 151 Å². The number of nitro groups is 2. The number of hydrogen-bond acceptors (Lipinski definition) is 26. The molecule has 12 rings (SSSR count). The quantitative estimate of drug-likeness (QED) is 0.0132. The molecule has 3 fully saturated rings. The molecule has 3 saturated heterocycles. The maximum absolute atomic E-state index is 12.6. The second-order valence-electron chi connectivity index (χ2n) is 28.7. The van der Waals surface area contributed by atoms with E-state index >= 15 is 0 Å². The van der Waals surface area contributed by atoms with E-state index in [0.29, 0.717) is 59.3 Å². The highest BCUT2D eigenvalue weighted by Gasteiger charge is 2.21. The standard InChI is InChI=1S/C32H39N5O3.C21H26N4O5.C13H11N3O5.C11H13NS.C6H14N2O/c1-32(2,3)23-7-5-8-24(19-23)34-31-35-29-22-27(10-11-30(29)36(31)4)40-28-12-13-33-25(21-28)20-26(38)9-6-14-37-15-17-39-18-16-37;1-22-20-5-4-18(15-21(20)25(27)28)30-19-6-7-23-16(14-19)13-17(26)3-2-8-24-9-11-29-12-10-24;1-14-10-3-2-8(7-12(10)16(19)20)21-9-4-5-15-11(6-9)13(17)18;1-11(2,3)9-5-4-6-10(7-9)13-8-12;7-1-2-8-3-5-9-6-4-8/h5,7-8,10-13,19,21-22H,6,9,14-18,20H2,1-4H3,(H,34,35);4-7,14-15,22H,2-3,8-13H2,1H3;2-7,14H,1H3,(H,17,18);4-7H,1-3H3;1-7H2. The van der Waals surface area contributed by atoms with E-state index in [1.807, 2.05) is 54.1 Å². The number of carboxylic acids is 1. The Balaban J connectivity index is 0.000000193. The molecule has 113 heavy (non-hydrogen) atoms. The average molecular weight is 1570 g/mol. The van der Waals surface area contributed by atoms with E-state index in [1.165, 1.54) is 59.4 Å². The summed E-state index contributed by atoms with van der Waals surface area (Å²) in [6, 6.07) is 41.1. The molecular formula is C83H103N15O14S. The SMILES string of the molecule is CC(C)(C)c1cccc(SC#N)c1.CNc1ccc(Oc2ccnc(C(=O)O)c2)cc1[N+](=O)[O-].CNc1ccc(Oc2ccnc(CC(=O)CCCN3CCOCC3)c2)cc1[N+](=O)[O-].Cn1c(Nc2cccc(C(C)(C)C)c2)nc2cc(Oc3ccnc(CC(=O)CCCN4CCOCC4)c3)ccc21.NCCN1CCOCC1. The predicted octanol–water partition coefficient (Wildman–Crippen LogP) is 14.4. The topological polar surface area (TPSA) is 365 Å². The molecular weight excluding hydrogens is 1460 g/mol. The Morgan fingerprint density at radius 2 is 1.01 bits per heavy atom. The van der Waals surface area contributed by atoms with Crippen LogP contribution in [0.2, 0.25) is 0 Å². The number of benzene rings is 5. The number of ketones is 2. The molecule has 7 heterocycles. The highest BCUT2D eigenvalue weighted by molar-refractivity contribution is 8.03. The molecule has 0 saturated carbocycles. The van der Waals surface area contributed by atoms with E-state index < -0.39 is 15.8 Å². The molecule has 30 heteroatoms. The largest absolute Gasteiger partial charge is 0.477 e. The van der Waals surface area contributed by atoms with E-state index in [1.54, 1.807) is 56.8 Å². The summed E-state index contributed by atoms with van der Waals surface area (Å²) in [5.41, 5.74) is 12.7. The fourth-order valence-corrected chi connectivity index (χ4v) is 12.4. The van der Waals surface area contributed by atoms with E-state index in [-0.39, 0.29) is 57.4 Å². The molecule has 5 aromatic carbocycles. The van der Waals surface area contributed by atoms with Gasteiger partial charge >= 0.3 is 5.97 Å². The first-order chi connectivity index (χ1) is 54.3. The Kier molecular flexibility index (Phi) is 34.3. The fraction of sp³-hybridized carbons (Fsp3) is 0.398. The van der Waals surface area contributed by atoms with Gasteiger partial charge in [0.05, 0.1) is 84.0 Å². The number of imidazole rings is 1. The number of nitrogens with zero attached hydrogens (tertiary/aromatic N) is 11. The van der Waals surface area contributed by atoms with Crippen LogP contribution in [0.4, 0.5) is 34.4 Å². The number of aromatic nitrogens is 5. The number of aryl methyl sites for hydroxylation is 1. The molecule has 6 N–H and O–H groups in total. The summed E-state index contributed by atoms with van der Waals surface area (Å²) in [5, 5.41) is 50.6. The lowest BCUT2D eigenvalue weighted by Gasteiger charge is -2.26. The van der Waals surface area contributed by atoms with Gasteiger partial charge in [0.1, 0.15) is 62.8 Å². The lowest BCUT2D eigenvalue weighted by Crippen LogP contribution is -2.39. The molecule has 0 unspecified atom stereocenters. The van der Waals surface area contributed by atoms with E-state index in [9.17, 15) is 34.6 Å². The number of thiocyanates is 1. The molecule has 4 aromatic heterocycles. The summed E-state index contributed by atoms with van der Waals surface area (Å²) in [6.07, 6.45) is 7.83. The van der Waals surface area contributed by atoms with Gasteiger partial charge in [-0.05, 0) is 139 Å². The van der Waals surface area contributed by atoms with E-state index in [2.05, 4.69) is 129 Å². The number of nitrogens with two attached hydrogens (primary N) is 1. The van der Waals surface area contributed by atoms with Crippen LogP contribution in [-0.2, 0) is 54.5 Å². The number of nitrogens with one attached hydrogen (secondary N) is 3. The zero-order valence-corrected chi connectivity index (χ0v) is 66.5. The van der Waals surface area contributed by atoms with Gasteiger partial charge in [-0.1, -0.05) is 65.8 Å². The second kappa shape index (κ2) is 44.3. The number of rotatable bonds is 28. The van der Waals surface area contributed by atoms with Gasteiger partial charge in [0.25, 0.3) is 11.4 Å². The second-order valence-corrected chi connectivity index (χ2v) is 29.5. The maximum Gasteiger partial charge on any atom is 0.354 e. The number of carboxylic acid groups (broad SMARTS) is 1. The van der Waals surface area contributed by atoms with Crippen molar-refractivity contribution in [3.05, 3.63) is 207 Å². The van der Waals surface area contributed by atoms with Crippen molar-refractivity contribution in [3.63, 3.8) is 0 Å². The number of nitro benzene ring substituents is 2. The number of aromatic carboxylic acids is 1. The van der Waals surface area contributed by atoms with Gasteiger partial charge in [0, 0.05) is 153 Å². The van der Waals surface area contributed by atoms with Crippen molar-refractivity contribution in [1.29, 1.82) is 5.26 Å². The van der Waals surface area contributed by atoms with Crippen LogP contribution < -0.4 is 35.9 Å². The maximum atomic E-state index is 12.6. The molecule has 3 aliphatic heterocycles. The lowest BCUT2D eigenvalue weighted by molar-refractivity contribution is -0.384. The van der Waals surface area contributed by atoms with Crippen LogP contribution in [0.1, 0.15) is 100 Å². The first kappa shape index (κ1) is 87.6. The Labute approximate surface area is 663 Å². The van der Waals surface area contributed by atoms with Crippen molar-refractivity contribution >= 4 is 74.7 Å². The van der Waals surface area contributed by atoms with Gasteiger partial charge in [-0.2, -0.15) is 5.26 Å². The minimum Gasteiger partial charge on any atom is -0.477 e. The first-order valence-electron chi connectivity index (χ1n) is 37.5. The van der Waals surface area contributed by atoms with Crippen molar-refractivity contribution in [2.24, 2.45) is 12.8 Å². The van der Waals surface area contributed by atoms with Crippen LogP contribution in [0.15, 0.2) is 163 Å². The summed E-state index contributed by atoms with van der Waals surface area (Å²) in [7, 11) is 5.19. The molecule has 0 amide bonds. The molecule has 0 atom stereocenters. The van der Waals surface area contributed by atoms with Gasteiger partial charge in [-0.25, -0.2) is 14.8 Å². The predicted molar refractivity (Wildman–Crippen MR) is 438 cm³/mol. The zero-order valence-electron chi connectivity index (χ0n) is 65.7. The third-order valence-corrected chi connectivity index (χ3v) is 18.8. The van der Waals surface area contributed by atoms with E-state index in [4.69, 9.17) is 49.5 Å². The fourth-order valence-electron chi connectivity index (χ4n) is 12.0. The normalized spacial score (nSPS) is 13.8. The monoisotopic (exact) mass is 1570 g/mol. The van der Waals surface area contributed by atoms with Gasteiger partial charge in [-0.3, -0.25) is 54.5 Å². The Hall–Kier alpha value is -11.0. The summed E-state index contributed by atoms with van der Waals surface area (Å²) in [6.45, 7) is 27.4. The molecule has 600 valence electrons. The summed E-state index contributed by atoms with van der Waals surface area (Å²) >= 11 is 1.21. The number of nitriles is 1. The highest BCUT2D eigenvalue weighted by atomic mass is 32.2. The number of carbonyl (C=O) groups is 3. The van der Waals surface area contributed by atoms with Crippen molar-refractivity contribution in [1.82, 2.24) is 39.2 Å². The number of hydrogen-bond donors (Lipinski definition) is 5. The molecule has 0 radical (unpaired) electrons.